The zero-order valence-corrected chi connectivity index (χ0v) is 14.9. The molecule has 1 heterocycles. The Morgan fingerprint density at radius 3 is 2.54 bits per heavy atom. The van der Waals surface area contributed by atoms with Crippen LogP contribution in [0.15, 0.2) is 47.6 Å². The summed E-state index contributed by atoms with van der Waals surface area (Å²) in [6.07, 6.45) is 5.24. The summed E-state index contributed by atoms with van der Waals surface area (Å²) in [6.45, 7) is 0.380. The van der Waals surface area contributed by atoms with E-state index in [-0.39, 0.29) is 33.6 Å². The van der Waals surface area contributed by atoms with Crippen LogP contribution < -0.4 is 5.32 Å². The Balaban J connectivity index is 1.76. The molecule has 26 heavy (non-hydrogen) atoms. The smallest absolute Gasteiger partial charge is 0.290 e. The average molecular weight is 380 g/mol. The number of hydrogen-bond donors (Lipinski definition) is 1. The number of amides is 1. The van der Waals surface area contributed by atoms with Gasteiger partial charge in [-0.2, -0.15) is 8.78 Å². The van der Waals surface area contributed by atoms with Gasteiger partial charge >= 0.3 is 0 Å². The number of pyridine rings is 1. The Hall–Kier alpha value is -2.02. The highest BCUT2D eigenvalue weighted by molar-refractivity contribution is 7.99. The summed E-state index contributed by atoms with van der Waals surface area (Å²) in [6, 6.07) is 9.41. The summed E-state index contributed by atoms with van der Waals surface area (Å²) in [4.78, 5) is 16.4. The molecule has 0 spiro atoms. The fraction of sp³-hybridized carbons (Fsp3) is 0.368. The van der Waals surface area contributed by atoms with E-state index < -0.39 is 11.7 Å². The first kappa shape index (κ1) is 18.8. The Bertz CT molecular complexity index is 762. The summed E-state index contributed by atoms with van der Waals surface area (Å²) < 4.78 is 38.6. The summed E-state index contributed by atoms with van der Waals surface area (Å²) in [7, 11) is 0. The fourth-order valence-corrected chi connectivity index (χ4v) is 4.09. The van der Waals surface area contributed by atoms with Crippen LogP contribution in [0.1, 0.15) is 41.6 Å². The van der Waals surface area contributed by atoms with Crippen molar-refractivity contribution in [1.29, 1.82) is 0 Å². The van der Waals surface area contributed by atoms with E-state index in [0.29, 0.717) is 6.54 Å². The average Bonchev–Trinajstić information content (AvgIpc) is 3.10. The fourth-order valence-electron chi connectivity index (χ4n) is 3.51. The molecule has 0 aliphatic heterocycles. The molecular formula is C19H19F3N2OS. The Labute approximate surface area is 154 Å². The maximum atomic E-state index is 13.2. The van der Waals surface area contributed by atoms with E-state index >= 15 is 0 Å². The van der Waals surface area contributed by atoms with E-state index in [4.69, 9.17) is 0 Å². The van der Waals surface area contributed by atoms with Gasteiger partial charge in [-0.3, -0.25) is 4.79 Å². The first-order chi connectivity index (χ1) is 12.5. The quantitative estimate of drug-likeness (QED) is 0.734. The number of rotatable bonds is 6. The van der Waals surface area contributed by atoms with Crippen LogP contribution in [0.4, 0.5) is 13.2 Å². The van der Waals surface area contributed by atoms with Crippen LogP contribution in [0.5, 0.6) is 0 Å². The lowest BCUT2D eigenvalue weighted by Crippen LogP contribution is -2.39. The minimum Gasteiger partial charge on any atom is -0.351 e. The van der Waals surface area contributed by atoms with Gasteiger partial charge in [0.05, 0.1) is 5.56 Å². The Morgan fingerprint density at radius 2 is 1.88 bits per heavy atom. The highest BCUT2D eigenvalue weighted by Crippen LogP contribution is 2.40. The van der Waals surface area contributed by atoms with Crippen molar-refractivity contribution in [1.82, 2.24) is 10.3 Å². The van der Waals surface area contributed by atoms with Crippen LogP contribution >= 0.6 is 11.8 Å². The Morgan fingerprint density at radius 1 is 1.19 bits per heavy atom. The molecule has 138 valence electrons. The molecule has 7 heteroatoms. The molecule has 0 radical (unpaired) electrons. The molecule has 1 fully saturated rings. The number of nitrogens with one attached hydrogen (secondary N) is 1. The summed E-state index contributed by atoms with van der Waals surface area (Å²) in [5.74, 6) is -3.36. The van der Waals surface area contributed by atoms with Crippen LogP contribution in [-0.2, 0) is 5.41 Å². The molecule has 1 aliphatic carbocycles. The topological polar surface area (TPSA) is 42.0 Å². The van der Waals surface area contributed by atoms with Crippen molar-refractivity contribution in [3.8, 4) is 0 Å². The molecule has 3 rings (SSSR count). The molecule has 2 aromatic rings. The highest BCUT2D eigenvalue weighted by atomic mass is 32.2. The van der Waals surface area contributed by atoms with Gasteiger partial charge in [-0.15, -0.1) is 0 Å². The van der Waals surface area contributed by atoms with Gasteiger partial charge in [0.25, 0.3) is 11.7 Å². The lowest BCUT2D eigenvalue weighted by molar-refractivity contribution is 0.0939. The lowest BCUT2D eigenvalue weighted by atomic mass is 9.78. The number of aromatic nitrogens is 1. The maximum absolute atomic E-state index is 13.2. The molecule has 3 nitrogen and oxygen atoms in total. The number of thioether (sulfide) groups is 1. The third-order valence-corrected chi connectivity index (χ3v) is 5.55. The van der Waals surface area contributed by atoms with Gasteiger partial charge in [-0.1, -0.05) is 25.0 Å². The third kappa shape index (κ3) is 4.20. The van der Waals surface area contributed by atoms with Crippen LogP contribution in [0.25, 0.3) is 0 Å². The van der Waals surface area contributed by atoms with Gasteiger partial charge in [-0.25, -0.2) is 9.37 Å². The molecule has 1 aromatic heterocycles. The largest absolute Gasteiger partial charge is 0.351 e. The van der Waals surface area contributed by atoms with E-state index in [1.807, 2.05) is 0 Å². The predicted molar refractivity (Wildman–Crippen MR) is 95.0 cm³/mol. The predicted octanol–water partition coefficient (Wildman–Crippen LogP) is 4.78. The number of carbonyl (C=O) groups excluding carboxylic acids is 1. The molecule has 1 amide bonds. The summed E-state index contributed by atoms with van der Waals surface area (Å²) in [5, 5.41) is 2.89. The van der Waals surface area contributed by atoms with E-state index in [1.54, 1.807) is 18.2 Å². The van der Waals surface area contributed by atoms with Crippen molar-refractivity contribution in [2.75, 3.05) is 6.54 Å². The first-order valence-electron chi connectivity index (χ1n) is 8.44. The molecule has 0 atom stereocenters. The van der Waals surface area contributed by atoms with Crippen molar-refractivity contribution >= 4 is 17.7 Å². The van der Waals surface area contributed by atoms with Crippen LogP contribution in [0.2, 0.25) is 0 Å². The van der Waals surface area contributed by atoms with Gasteiger partial charge in [0.2, 0.25) is 0 Å². The summed E-state index contributed by atoms with van der Waals surface area (Å²) >= 11 is 0.262. The van der Waals surface area contributed by atoms with Crippen LogP contribution in [0.3, 0.4) is 0 Å². The van der Waals surface area contributed by atoms with Gasteiger partial charge in [-0.05, 0) is 54.4 Å². The summed E-state index contributed by atoms with van der Waals surface area (Å²) in [5.41, 5.74) is 0.886. The second kappa shape index (κ2) is 8.12. The number of carbonyl (C=O) groups is 1. The number of hydrogen-bond acceptors (Lipinski definition) is 3. The van der Waals surface area contributed by atoms with E-state index in [9.17, 15) is 18.0 Å². The Kier molecular flexibility index (Phi) is 5.86. The van der Waals surface area contributed by atoms with Crippen molar-refractivity contribution in [2.24, 2.45) is 0 Å². The first-order valence-corrected chi connectivity index (χ1v) is 9.32. The number of nitrogens with zero attached hydrogens (tertiary/aromatic N) is 1. The van der Waals surface area contributed by atoms with E-state index in [2.05, 4.69) is 10.3 Å². The molecule has 1 aromatic carbocycles. The SMILES string of the molecule is O=C(NCC1(c2ccc(F)cc2)CCCC1)c1cccnc1SC(F)F. The van der Waals surface area contributed by atoms with Crippen molar-refractivity contribution < 1.29 is 18.0 Å². The standard InChI is InChI=1S/C19H19F3N2OS/c20-14-7-5-13(6-8-14)19(9-1-2-10-19)12-24-16(25)15-4-3-11-23-17(15)26-18(21)22/h3-8,11,18H,1-2,9-10,12H2,(H,24,25). The molecule has 0 bridgehead atoms. The maximum Gasteiger partial charge on any atom is 0.290 e. The van der Waals surface area contributed by atoms with Gasteiger partial charge in [0.1, 0.15) is 10.8 Å². The monoisotopic (exact) mass is 380 g/mol. The molecule has 0 saturated heterocycles. The number of halogens is 3. The van der Waals surface area contributed by atoms with Crippen LogP contribution in [-0.4, -0.2) is 23.2 Å². The second-order valence-corrected chi connectivity index (χ2v) is 7.39. The number of benzene rings is 1. The van der Waals surface area contributed by atoms with Crippen molar-refractivity contribution in [2.45, 2.75) is 41.9 Å². The van der Waals surface area contributed by atoms with E-state index in [1.165, 1.54) is 24.4 Å². The molecule has 1 N–H and O–H groups in total. The normalized spacial score (nSPS) is 16.0. The molecule has 1 saturated carbocycles. The zero-order valence-electron chi connectivity index (χ0n) is 14.1. The second-order valence-electron chi connectivity index (χ2n) is 6.41. The number of alkyl halides is 2. The van der Waals surface area contributed by atoms with Gasteiger partial charge in [0.15, 0.2) is 0 Å². The van der Waals surface area contributed by atoms with Crippen molar-refractivity contribution in [3.63, 3.8) is 0 Å². The van der Waals surface area contributed by atoms with E-state index in [0.717, 1.165) is 31.2 Å². The minimum absolute atomic E-state index is 0.0160. The zero-order chi connectivity index (χ0) is 18.6. The lowest BCUT2D eigenvalue weighted by Gasteiger charge is -2.30. The molecule has 1 aliphatic rings. The van der Waals surface area contributed by atoms with Crippen LogP contribution in [0, 0.1) is 5.82 Å². The van der Waals surface area contributed by atoms with Crippen molar-refractivity contribution in [3.05, 3.63) is 59.5 Å². The molecule has 0 unspecified atom stereocenters. The van der Waals surface area contributed by atoms with Gasteiger partial charge in [0, 0.05) is 18.2 Å². The molecular weight excluding hydrogens is 361 g/mol. The van der Waals surface area contributed by atoms with Gasteiger partial charge < -0.3 is 5.32 Å². The third-order valence-electron chi connectivity index (χ3n) is 4.82. The minimum atomic E-state index is -2.64. The highest BCUT2D eigenvalue weighted by Gasteiger charge is 2.36.